The predicted molar refractivity (Wildman–Crippen MR) is 88.5 cm³/mol. The average Bonchev–Trinajstić information content (AvgIpc) is 2.58. The van der Waals surface area contributed by atoms with E-state index < -0.39 is 18.2 Å². The molecule has 5 nitrogen and oxygen atoms in total. The molecule has 0 aromatic heterocycles. The highest BCUT2D eigenvalue weighted by Gasteiger charge is 2.31. The van der Waals surface area contributed by atoms with Crippen molar-refractivity contribution in [2.45, 2.75) is 19.8 Å². The third kappa shape index (κ3) is 5.80. The molecule has 0 atom stereocenters. The van der Waals surface area contributed by atoms with Crippen LogP contribution in [0.1, 0.15) is 21.5 Å². The van der Waals surface area contributed by atoms with Crippen LogP contribution >= 0.6 is 0 Å². The Morgan fingerprint density at radius 1 is 1.00 bits per heavy atom. The number of benzene rings is 2. The van der Waals surface area contributed by atoms with Gasteiger partial charge >= 0.3 is 6.36 Å². The molecule has 26 heavy (non-hydrogen) atoms. The van der Waals surface area contributed by atoms with E-state index in [1.807, 2.05) is 0 Å². The maximum Gasteiger partial charge on any atom is 0.573 e. The summed E-state index contributed by atoms with van der Waals surface area (Å²) in [5, 5.41) is 4.91. The van der Waals surface area contributed by atoms with E-state index in [4.69, 9.17) is 0 Å². The van der Waals surface area contributed by atoms with Crippen molar-refractivity contribution in [1.82, 2.24) is 10.6 Å². The maximum atomic E-state index is 12.4. The molecule has 2 rings (SSSR count). The van der Waals surface area contributed by atoms with Crippen LogP contribution in [0.25, 0.3) is 0 Å². The van der Waals surface area contributed by atoms with Gasteiger partial charge in [-0.3, -0.25) is 9.59 Å². The summed E-state index contributed by atoms with van der Waals surface area (Å²) in [5.41, 5.74) is 1.39. The number of hydrogen-bond donors (Lipinski definition) is 2. The quantitative estimate of drug-likeness (QED) is 0.826. The van der Waals surface area contributed by atoms with E-state index >= 15 is 0 Å². The van der Waals surface area contributed by atoms with Gasteiger partial charge in [-0.05, 0) is 24.6 Å². The molecule has 0 bridgehead atoms. The summed E-state index contributed by atoms with van der Waals surface area (Å²) in [7, 11) is 0. The lowest BCUT2D eigenvalue weighted by Crippen LogP contribution is -2.37. The van der Waals surface area contributed by atoms with Crippen molar-refractivity contribution in [3.63, 3.8) is 0 Å². The Balaban J connectivity index is 1.88. The lowest BCUT2D eigenvalue weighted by Gasteiger charge is -2.14. The topological polar surface area (TPSA) is 67.4 Å². The highest BCUT2D eigenvalue weighted by atomic mass is 19.4. The summed E-state index contributed by atoms with van der Waals surface area (Å²) in [6, 6.07) is 12.4. The number of rotatable bonds is 6. The van der Waals surface area contributed by atoms with Gasteiger partial charge in [0.2, 0.25) is 5.91 Å². The molecule has 2 aromatic carbocycles. The van der Waals surface area contributed by atoms with Crippen molar-refractivity contribution in [2.24, 2.45) is 0 Å². The number of hydrogen-bond acceptors (Lipinski definition) is 3. The molecule has 0 saturated carbocycles. The second-order valence-electron chi connectivity index (χ2n) is 5.43. The summed E-state index contributed by atoms with van der Waals surface area (Å²) in [5.74, 6) is -1.32. The highest BCUT2D eigenvalue weighted by Crippen LogP contribution is 2.25. The van der Waals surface area contributed by atoms with Gasteiger partial charge in [0.1, 0.15) is 5.75 Å². The minimum absolute atomic E-state index is 0.161. The van der Waals surface area contributed by atoms with Gasteiger partial charge in [0.05, 0.1) is 6.54 Å². The van der Waals surface area contributed by atoms with Gasteiger partial charge in [-0.2, -0.15) is 0 Å². The summed E-state index contributed by atoms with van der Waals surface area (Å²) >= 11 is 0. The van der Waals surface area contributed by atoms with Gasteiger partial charge in [-0.25, -0.2) is 0 Å². The number of halogens is 3. The molecule has 2 N–H and O–H groups in total. The van der Waals surface area contributed by atoms with Crippen LogP contribution in [0.3, 0.4) is 0 Å². The number of carbonyl (C=O) groups excluding carboxylic acids is 2. The molecule has 0 aliphatic rings. The Bertz CT molecular complexity index is 791. The van der Waals surface area contributed by atoms with Crippen molar-refractivity contribution in [3.05, 3.63) is 65.2 Å². The lowest BCUT2D eigenvalue weighted by molar-refractivity contribution is -0.274. The maximum absolute atomic E-state index is 12.4. The molecule has 0 saturated heterocycles. The zero-order valence-electron chi connectivity index (χ0n) is 13.9. The molecule has 0 heterocycles. The van der Waals surface area contributed by atoms with E-state index in [9.17, 15) is 22.8 Å². The molecule has 0 aliphatic carbocycles. The standard InChI is InChI=1S/C18H17F3N2O3/c1-12-6-2-4-8-14(12)17(25)23-11-16(24)22-10-13-7-3-5-9-15(13)26-18(19,20)21/h2-9H,10-11H2,1H3,(H,22,24)(H,23,25). The van der Waals surface area contributed by atoms with Gasteiger partial charge in [0.15, 0.2) is 0 Å². The van der Waals surface area contributed by atoms with Gasteiger partial charge in [0, 0.05) is 17.7 Å². The van der Waals surface area contributed by atoms with E-state index in [-0.39, 0.29) is 24.4 Å². The first-order chi connectivity index (χ1) is 12.3. The molecule has 8 heteroatoms. The number of amides is 2. The monoisotopic (exact) mass is 366 g/mol. The summed E-state index contributed by atoms with van der Waals surface area (Å²) in [4.78, 5) is 23.9. The molecule has 2 amide bonds. The molecule has 0 aliphatic heterocycles. The lowest BCUT2D eigenvalue weighted by atomic mass is 10.1. The van der Waals surface area contributed by atoms with Crippen molar-refractivity contribution < 1.29 is 27.5 Å². The number of alkyl halides is 3. The molecular formula is C18H17F3N2O3. The van der Waals surface area contributed by atoms with Gasteiger partial charge in [-0.1, -0.05) is 36.4 Å². The zero-order chi connectivity index (χ0) is 19.2. The van der Waals surface area contributed by atoms with Gasteiger partial charge in [-0.15, -0.1) is 13.2 Å². The average molecular weight is 366 g/mol. The van der Waals surface area contributed by atoms with Crippen molar-refractivity contribution >= 4 is 11.8 Å². The van der Waals surface area contributed by atoms with Gasteiger partial charge < -0.3 is 15.4 Å². The van der Waals surface area contributed by atoms with E-state index in [0.29, 0.717) is 5.56 Å². The SMILES string of the molecule is Cc1ccccc1C(=O)NCC(=O)NCc1ccccc1OC(F)(F)F. The third-order valence-electron chi connectivity index (χ3n) is 3.47. The Labute approximate surface area is 148 Å². The predicted octanol–water partition coefficient (Wildman–Crippen LogP) is 2.94. The van der Waals surface area contributed by atoms with Crippen LogP contribution in [-0.2, 0) is 11.3 Å². The molecular weight excluding hydrogens is 349 g/mol. The van der Waals surface area contributed by atoms with Crippen molar-refractivity contribution in [2.75, 3.05) is 6.54 Å². The smallest absolute Gasteiger partial charge is 0.405 e. The van der Waals surface area contributed by atoms with Crippen LogP contribution in [0.2, 0.25) is 0 Å². The van der Waals surface area contributed by atoms with Gasteiger partial charge in [0.25, 0.3) is 5.91 Å². The number of ether oxygens (including phenoxy) is 1. The third-order valence-corrected chi connectivity index (χ3v) is 3.47. The summed E-state index contributed by atoms with van der Waals surface area (Å²) < 4.78 is 41.0. The first kappa shape index (κ1) is 19.3. The molecule has 138 valence electrons. The van der Waals surface area contributed by atoms with Crippen LogP contribution < -0.4 is 15.4 Å². The second-order valence-corrected chi connectivity index (χ2v) is 5.43. The Hall–Kier alpha value is -3.03. The Kier molecular flexibility index (Phi) is 6.21. The zero-order valence-corrected chi connectivity index (χ0v) is 13.9. The number of aryl methyl sites for hydroxylation is 1. The molecule has 0 spiro atoms. The van der Waals surface area contributed by atoms with Crippen LogP contribution in [0.4, 0.5) is 13.2 Å². The largest absolute Gasteiger partial charge is 0.573 e. The van der Waals surface area contributed by atoms with E-state index in [0.717, 1.165) is 11.6 Å². The first-order valence-electron chi connectivity index (χ1n) is 7.70. The van der Waals surface area contributed by atoms with Crippen molar-refractivity contribution in [3.8, 4) is 5.75 Å². The van der Waals surface area contributed by atoms with Crippen molar-refractivity contribution in [1.29, 1.82) is 0 Å². The molecule has 2 aromatic rings. The normalized spacial score (nSPS) is 10.9. The van der Waals surface area contributed by atoms with Crippen LogP contribution in [-0.4, -0.2) is 24.7 Å². The fourth-order valence-corrected chi connectivity index (χ4v) is 2.21. The number of para-hydroxylation sites is 1. The Morgan fingerprint density at radius 3 is 2.35 bits per heavy atom. The molecule has 0 radical (unpaired) electrons. The van der Waals surface area contributed by atoms with Crippen LogP contribution in [0.5, 0.6) is 5.75 Å². The minimum atomic E-state index is -4.82. The fourth-order valence-electron chi connectivity index (χ4n) is 2.21. The summed E-state index contributed by atoms with van der Waals surface area (Å²) in [6.07, 6.45) is -4.82. The summed E-state index contributed by atoms with van der Waals surface area (Å²) in [6.45, 7) is 1.31. The van der Waals surface area contributed by atoms with E-state index in [2.05, 4.69) is 15.4 Å². The Morgan fingerprint density at radius 2 is 1.65 bits per heavy atom. The second kappa shape index (κ2) is 8.37. The highest BCUT2D eigenvalue weighted by molar-refractivity contribution is 5.97. The van der Waals surface area contributed by atoms with E-state index in [1.165, 1.54) is 18.2 Å². The van der Waals surface area contributed by atoms with E-state index in [1.54, 1.807) is 31.2 Å². The first-order valence-corrected chi connectivity index (χ1v) is 7.70. The fraction of sp³-hybridized carbons (Fsp3) is 0.222. The molecule has 0 unspecified atom stereocenters. The number of nitrogens with one attached hydrogen (secondary N) is 2. The number of carbonyl (C=O) groups is 2. The van der Waals surface area contributed by atoms with Crippen LogP contribution in [0, 0.1) is 6.92 Å². The van der Waals surface area contributed by atoms with Crippen LogP contribution in [0.15, 0.2) is 48.5 Å². The minimum Gasteiger partial charge on any atom is -0.405 e. The molecule has 0 fully saturated rings.